The summed E-state index contributed by atoms with van der Waals surface area (Å²) in [6.45, 7) is 0.674. The fourth-order valence-electron chi connectivity index (χ4n) is 4.12. The number of hydrogen-bond acceptors (Lipinski definition) is 7. The average Bonchev–Trinajstić information content (AvgIpc) is 3.24. The van der Waals surface area contributed by atoms with Crippen LogP contribution in [0.3, 0.4) is 0 Å². The number of ether oxygens (including phenoxy) is 1. The molecule has 2 aromatic carbocycles. The van der Waals surface area contributed by atoms with E-state index in [-0.39, 0.29) is 11.8 Å². The first-order valence-corrected chi connectivity index (χ1v) is 11.8. The summed E-state index contributed by atoms with van der Waals surface area (Å²) in [4.78, 5) is 50.2. The van der Waals surface area contributed by atoms with Gasteiger partial charge >= 0.3 is 5.97 Å². The number of pyridine rings is 1. The van der Waals surface area contributed by atoms with E-state index in [1.165, 1.54) is 7.11 Å². The quantitative estimate of drug-likeness (QED) is 0.375. The molecule has 0 saturated carbocycles. The lowest BCUT2D eigenvalue weighted by atomic mass is 9.90. The Morgan fingerprint density at radius 3 is 2.35 bits per heavy atom. The van der Waals surface area contributed by atoms with Crippen molar-refractivity contribution >= 4 is 40.6 Å². The van der Waals surface area contributed by atoms with Crippen molar-refractivity contribution < 1.29 is 19.1 Å². The summed E-state index contributed by atoms with van der Waals surface area (Å²) in [5.41, 5.74) is 4.31. The number of fused-ring (bicyclic) bond motifs is 1. The van der Waals surface area contributed by atoms with Gasteiger partial charge in [-0.1, -0.05) is 6.07 Å². The highest BCUT2D eigenvalue weighted by atomic mass is 16.5. The third kappa shape index (κ3) is 5.73. The van der Waals surface area contributed by atoms with E-state index in [9.17, 15) is 14.4 Å². The lowest BCUT2D eigenvalue weighted by molar-refractivity contribution is -0.118. The third-order valence-electron chi connectivity index (χ3n) is 6.19. The molecule has 0 saturated heterocycles. The van der Waals surface area contributed by atoms with Crippen molar-refractivity contribution in [1.82, 2.24) is 9.88 Å². The number of esters is 1. The number of aliphatic imine (C=N–C) groups is 1. The summed E-state index contributed by atoms with van der Waals surface area (Å²) in [7, 11) is 6.93. The predicted octanol–water partition coefficient (Wildman–Crippen LogP) is 3.64. The lowest BCUT2D eigenvalue weighted by Gasteiger charge is -2.19. The monoisotopic (exact) mass is 499 g/mol. The molecule has 0 bridgehead atoms. The van der Waals surface area contributed by atoms with Gasteiger partial charge in [0.05, 0.1) is 24.1 Å². The Hall–Kier alpha value is -4.37. The molecule has 0 radical (unpaired) electrons. The zero-order valence-electron chi connectivity index (χ0n) is 21.3. The van der Waals surface area contributed by atoms with Gasteiger partial charge in [-0.25, -0.2) is 4.79 Å². The van der Waals surface area contributed by atoms with Gasteiger partial charge in [-0.2, -0.15) is 0 Å². The highest BCUT2D eigenvalue weighted by Crippen LogP contribution is 2.37. The molecular weight excluding hydrogens is 470 g/mol. The minimum absolute atomic E-state index is 0.0213. The van der Waals surface area contributed by atoms with Gasteiger partial charge in [0.25, 0.3) is 0 Å². The van der Waals surface area contributed by atoms with Crippen molar-refractivity contribution in [2.75, 3.05) is 45.0 Å². The first-order chi connectivity index (χ1) is 17.8. The fourth-order valence-corrected chi connectivity index (χ4v) is 4.12. The van der Waals surface area contributed by atoms with Crippen LogP contribution in [0.1, 0.15) is 33.8 Å². The van der Waals surface area contributed by atoms with Crippen LogP contribution in [0.15, 0.2) is 72.0 Å². The lowest BCUT2D eigenvalue weighted by Crippen LogP contribution is -2.29. The zero-order valence-corrected chi connectivity index (χ0v) is 21.3. The van der Waals surface area contributed by atoms with Crippen molar-refractivity contribution in [1.29, 1.82) is 0 Å². The minimum Gasteiger partial charge on any atom is -0.465 e. The maximum atomic E-state index is 13.1. The smallest absolute Gasteiger partial charge is 0.337 e. The van der Waals surface area contributed by atoms with Crippen LogP contribution < -0.4 is 10.2 Å². The number of amides is 2. The van der Waals surface area contributed by atoms with E-state index < -0.39 is 11.9 Å². The maximum absolute atomic E-state index is 13.1. The number of hydrogen-bond donors (Lipinski definition) is 1. The molecule has 1 unspecified atom stereocenters. The molecule has 0 fully saturated rings. The van der Waals surface area contributed by atoms with E-state index in [2.05, 4.69) is 10.3 Å². The standard InChI is InChI=1S/C28H29N5O4/c1-32(2)16-13-24(34)33(3)21-8-6-20(7-9-21)30-26(18-11-14-29-15-12-18)25-22-10-5-19(28(36)37-4)17-23(22)31-27(25)35/h5-12,14-15,17,25H,13,16H2,1-4H3,(H,31,35). The highest BCUT2D eigenvalue weighted by molar-refractivity contribution is 6.24. The van der Waals surface area contributed by atoms with E-state index in [1.54, 1.807) is 54.7 Å². The van der Waals surface area contributed by atoms with E-state index in [0.717, 1.165) is 16.8 Å². The van der Waals surface area contributed by atoms with Crippen LogP contribution in [0.4, 0.5) is 17.1 Å². The Morgan fingerprint density at radius 1 is 1.00 bits per heavy atom. The molecular formula is C28H29N5O4. The first-order valence-electron chi connectivity index (χ1n) is 11.8. The number of methoxy groups -OCH3 is 1. The molecule has 9 nitrogen and oxygen atoms in total. The van der Waals surface area contributed by atoms with Crippen LogP contribution in [0.5, 0.6) is 0 Å². The molecule has 1 aliphatic rings. The number of nitrogens with one attached hydrogen (secondary N) is 1. The largest absolute Gasteiger partial charge is 0.465 e. The van der Waals surface area contributed by atoms with Gasteiger partial charge in [0, 0.05) is 49.3 Å². The first kappa shape index (κ1) is 25.7. The molecule has 0 spiro atoms. The molecule has 2 amide bonds. The Bertz CT molecular complexity index is 1340. The van der Waals surface area contributed by atoms with Crippen LogP contribution in [0.25, 0.3) is 0 Å². The van der Waals surface area contributed by atoms with Gasteiger partial charge < -0.3 is 19.9 Å². The number of nitrogens with zero attached hydrogens (tertiary/aromatic N) is 4. The van der Waals surface area contributed by atoms with Gasteiger partial charge in [0.1, 0.15) is 5.92 Å². The summed E-state index contributed by atoms with van der Waals surface area (Å²) in [6.07, 6.45) is 3.72. The summed E-state index contributed by atoms with van der Waals surface area (Å²) < 4.78 is 4.80. The number of anilines is 2. The fraction of sp³-hybridized carbons (Fsp3) is 0.250. The molecule has 0 aliphatic carbocycles. The van der Waals surface area contributed by atoms with Crippen molar-refractivity contribution in [2.24, 2.45) is 4.99 Å². The molecule has 1 atom stereocenters. The summed E-state index contributed by atoms with van der Waals surface area (Å²) >= 11 is 0. The number of benzene rings is 2. The average molecular weight is 500 g/mol. The normalized spacial score (nSPS) is 14.8. The Morgan fingerprint density at radius 2 is 1.70 bits per heavy atom. The molecule has 37 heavy (non-hydrogen) atoms. The second-order valence-electron chi connectivity index (χ2n) is 8.97. The van der Waals surface area contributed by atoms with Crippen LogP contribution in [0, 0.1) is 0 Å². The van der Waals surface area contributed by atoms with Gasteiger partial charge in [0.15, 0.2) is 0 Å². The van der Waals surface area contributed by atoms with Crippen LogP contribution in [-0.4, -0.2) is 68.2 Å². The number of carbonyl (C=O) groups excluding carboxylic acids is 3. The van der Waals surface area contributed by atoms with Gasteiger partial charge in [-0.05, 0) is 68.2 Å². The third-order valence-corrected chi connectivity index (χ3v) is 6.19. The van der Waals surface area contributed by atoms with Crippen LogP contribution in [0.2, 0.25) is 0 Å². The van der Waals surface area contributed by atoms with E-state index in [0.29, 0.717) is 35.6 Å². The summed E-state index contributed by atoms with van der Waals surface area (Å²) in [6, 6.07) is 15.9. The van der Waals surface area contributed by atoms with Crippen LogP contribution >= 0.6 is 0 Å². The van der Waals surface area contributed by atoms with Gasteiger partial charge in [0.2, 0.25) is 11.8 Å². The predicted molar refractivity (Wildman–Crippen MR) is 143 cm³/mol. The molecule has 3 aromatic rings. The van der Waals surface area contributed by atoms with Crippen molar-refractivity contribution in [3.05, 3.63) is 83.7 Å². The second kappa shape index (κ2) is 11.1. The summed E-state index contributed by atoms with van der Waals surface area (Å²) in [5.74, 6) is -1.38. The molecule has 4 rings (SSSR count). The van der Waals surface area contributed by atoms with Crippen molar-refractivity contribution in [3.8, 4) is 0 Å². The number of rotatable bonds is 8. The Labute approximate surface area is 215 Å². The zero-order chi connectivity index (χ0) is 26.5. The number of aromatic nitrogens is 1. The van der Waals surface area contributed by atoms with E-state index >= 15 is 0 Å². The molecule has 9 heteroatoms. The molecule has 1 aliphatic heterocycles. The second-order valence-corrected chi connectivity index (χ2v) is 8.97. The number of carbonyl (C=O) groups is 3. The molecule has 1 N–H and O–H groups in total. The topological polar surface area (TPSA) is 104 Å². The summed E-state index contributed by atoms with van der Waals surface area (Å²) in [5, 5.41) is 2.87. The molecule has 190 valence electrons. The van der Waals surface area contributed by atoms with Crippen molar-refractivity contribution in [3.63, 3.8) is 0 Å². The van der Waals surface area contributed by atoms with E-state index in [4.69, 9.17) is 9.73 Å². The van der Waals surface area contributed by atoms with Gasteiger partial charge in [-0.15, -0.1) is 0 Å². The highest BCUT2D eigenvalue weighted by Gasteiger charge is 2.36. The van der Waals surface area contributed by atoms with Crippen LogP contribution in [-0.2, 0) is 14.3 Å². The minimum atomic E-state index is -0.681. The maximum Gasteiger partial charge on any atom is 0.337 e. The Balaban J connectivity index is 1.67. The van der Waals surface area contributed by atoms with E-state index in [1.807, 2.05) is 43.3 Å². The Kier molecular flexibility index (Phi) is 7.74. The van der Waals surface area contributed by atoms with Crippen molar-refractivity contribution in [2.45, 2.75) is 12.3 Å². The van der Waals surface area contributed by atoms with Gasteiger partial charge in [-0.3, -0.25) is 19.6 Å². The SMILES string of the molecule is COC(=O)c1ccc2c(c1)NC(=O)C2C(=Nc1ccc(N(C)C(=O)CCN(C)C)cc1)c1ccncc1. The molecule has 1 aromatic heterocycles. The molecule has 2 heterocycles.